The van der Waals surface area contributed by atoms with Crippen LogP contribution in [0.4, 0.5) is 0 Å². The molecule has 0 aliphatic carbocycles. The van der Waals surface area contributed by atoms with Gasteiger partial charge in [0.05, 0.1) is 12.2 Å². The van der Waals surface area contributed by atoms with E-state index in [1.54, 1.807) is 0 Å². The van der Waals surface area contributed by atoms with E-state index in [9.17, 15) is 5.11 Å². The third-order valence-corrected chi connectivity index (χ3v) is 2.71. The van der Waals surface area contributed by atoms with E-state index in [0.29, 0.717) is 12.8 Å². The largest absolute Gasteiger partial charge is 0.393 e. The van der Waals surface area contributed by atoms with Gasteiger partial charge >= 0.3 is 0 Å². The zero-order chi connectivity index (χ0) is 9.73. The molecule has 2 N–H and O–H groups in total. The number of hydrogen-bond acceptors (Lipinski definition) is 3. The summed E-state index contributed by atoms with van der Waals surface area (Å²) in [7, 11) is 0. The smallest absolute Gasteiger partial charge is 0.0901 e. The maximum atomic E-state index is 9.70. The summed E-state index contributed by atoms with van der Waals surface area (Å²) in [4.78, 5) is 2.20. The van der Waals surface area contributed by atoms with Crippen molar-refractivity contribution in [2.45, 2.75) is 18.4 Å². The maximum absolute atomic E-state index is 9.70. The first-order valence-corrected chi connectivity index (χ1v) is 4.95. The zero-order valence-corrected chi connectivity index (χ0v) is 8.37. The lowest BCUT2D eigenvalue weighted by Crippen LogP contribution is -2.46. The number of hydrogen-bond donors (Lipinski definition) is 2. The number of rotatable bonds is 3. The minimum absolute atomic E-state index is 0.133. The van der Waals surface area contributed by atoms with E-state index in [1.807, 2.05) is 6.08 Å². The Morgan fingerprint density at radius 3 is 2.46 bits per heavy atom. The van der Waals surface area contributed by atoms with E-state index in [0.717, 1.165) is 19.6 Å². The van der Waals surface area contributed by atoms with Crippen LogP contribution in [-0.2, 0) is 0 Å². The monoisotopic (exact) mass is 205 g/mol. The number of nitrogens with zero attached hydrogens (tertiary/aromatic N) is 1. The molecule has 1 aliphatic rings. The summed E-state index contributed by atoms with van der Waals surface area (Å²) >= 11 is 5.41. The molecular weight excluding hydrogens is 190 g/mol. The summed E-state index contributed by atoms with van der Waals surface area (Å²) in [6, 6.07) is 0. The van der Waals surface area contributed by atoms with Crippen LogP contribution < -0.4 is 0 Å². The Labute approximate surface area is 83.6 Å². The predicted octanol–water partition coefficient (Wildman–Crippen LogP) is 0.558. The molecule has 1 heterocycles. The van der Waals surface area contributed by atoms with Crippen molar-refractivity contribution in [2.75, 3.05) is 26.2 Å². The topological polar surface area (TPSA) is 43.7 Å². The lowest BCUT2D eigenvalue weighted by molar-refractivity contribution is -0.0576. The first kappa shape index (κ1) is 11.0. The molecule has 1 fully saturated rings. The highest BCUT2D eigenvalue weighted by Crippen LogP contribution is 2.20. The highest BCUT2D eigenvalue weighted by Gasteiger charge is 2.30. The molecule has 0 aromatic carbocycles. The second-order valence-corrected chi connectivity index (χ2v) is 3.80. The Kier molecular flexibility index (Phi) is 4.19. The number of aliphatic hydroxyl groups excluding tert-OH is 1. The van der Waals surface area contributed by atoms with Crippen LogP contribution >= 0.6 is 11.6 Å². The van der Waals surface area contributed by atoms with E-state index in [4.69, 9.17) is 16.7 Å². The maximum Gasteiger partial charge on any atom is 0.0901 e. The SMILES string of the molecule is OCC1(O)CCN(C/C=C/Cl)CC1. The molecule has 0 aromatic heterocycles. The Morgan fingerprint density at radius 1 is 1.38 bits per heavy atom. The summed E-state index contributed by atoms with van der Waals surface area (Å²) in [6.07, 6.45) is 3.16. The molecule has 0 spiro atoms. The molecule has 0 bridgehead atoms. The van der Waals surface area contributed by atoms with Crippen LogP contribution in [0.3, 0.4) is 0 Å². The molecule has 13 heavy (non-hydrogen) atoms. The normalized spacial score (nSPS) is 23.9. The lowest BCUT2D eigenvalue weighted by atomic mass is 9.92. The Hall–Kier alpha value is -0.0900. The van der Waals surface area contributed by atoms with E-state index in [-0.39, 0.29) is 6.61 Å². The Bertz CT molecular complexity index is 176. The first-order valence-electron chi connectivity index (χ1n) is 4.51. The fourth-order valence-corrected chi connectivity index (χ4v) is 1.58. The quantitative estimate of drug-likeness (QED) is 0.708. The molecule has 1 aliphatic heterocycles. The lowest BCUT2D eigenvalue weighted by Gasteiger charge is -2.36. The zero-order valence-electron chi connectivity index (χ0n) is 7.62. The van der Waals surface area contributed by atoms with Crippen molar-refractivity contribution in [2.24, 2.45) is 0 Å². The second-order valence-electron chi connectivity index (χ2n) is 3.54. The van der Waals surface area contributed by atoms with E-state index in [1.165, 1.54) is 5.54 Å². The molecule has 0 aromatic rings. The minimum Gasteiger partial charge on any atom is -0.393 e. The first-order chi connectivity index (χ1) is 6.20. The number of aliphatic hydroxyl groups is 2. The number of halogens is 1. The highest BCUT2D eigenvalue weighted by atomic mass is 35.5. The summed E-state index contributed by atoms with van der Waals surface area (Å²) in [5, 5.41) is 18.6. The molecule has 1 saturated heterocycles. The summed E-state index contributed by atoms with van der Waals surface area (Å²) in [5.41, 5.74) is 0.661. The molecule has 3 nitrogen and oxygen atoms in total. The van der Waals surface area contributed by atoms with Gasteiger partial charge in [0.2, 0.25) is 0 Å². The number of piperidine rings is 1. The van der Waals surface area contributed by atoms with Crippen molar-refractivity contribution in [3.05, 3.63) is 11.6 Å². The van der Waals surface area contributed by atoms with Crippen LogP contribution in [0.1, 0.15) is 12.8 Å². The third-order valence-electron chi connectivity index (χ3n) is 2.53. The van der Waals surface area contributed by atoms with Gasteiger partial charge in [0.25, 0.3) is 0 Å². The van der Waals surface area contributed by atoms with Gasteiger partial charge in [0.1, 0.15) is 0 Å². The second kappa shape index (κ2) is 4.96. The highest BCUT2D eigenvalue weighted by molar-refractivity contribution is 6.25. The molecule has 0 saturated carbocycles. The summed E-state index contributed by atoms with van der Waals surface area (Å²) < 4.78 is 0. The summed E-state index contributed by atoms with van der Waals surface area (Å²) in [5.74, 6) is 0. The molecule has 4 heteroatoms. The van der Waals surface area contributed by atoms with Crippen LogP contribution in [0, 0.1) is 0 Å². The minimum atomic E-state index is -0.846. The van der Waals surface area contributed by atoms with Crippen LogP contribution in [-0.4, -0.2) is 47.0 Å². The third kappa shape index (κ3) is 3.27. The molecule has 0 unspecified atom stereocenters. The van der Waals surface area contributed by atoms with Gasteiger partial charge in [-0.3, -0.25) is 4.90 Å². The van der Waals surface area contributed by atoms with E-state index >= 15 is 0 Å². The van der Waals surface area contributed by atoms with E-state index in [2.05, 4.69) is 4.90 Å². The van der Waals surface area contributed by atoms with Gasteiger partial charge in [-0.25, -0.2) is 0 Å². The van der Waals surface area contributed by atoms with Gasteiger partial charge in [-0.05, 0) is 12.8 Å². The van der Waals surface area contributed by atoms with Crippen molar-refractivity contribution < 1.29 is 10.2 Å². The molecule has 0 atom stereocenters. The molecule has 1 rings (SSSR count). The standard InChI is InChI=1S/C9H16ClNO2/c10-4-1-5-11-6-2-9(13,8-12)3-7-11/h1,4,12-13H,2-3,5-8H2/b4-1+. The van der Waals surface area contributed by atoms with Crippen LogP contribution in [0.2, 0.25) is 0 Å². The molecule has 0 amide bonds. The van der Waals surface area contributed by atoms with E-state index < -0.39 is 5.60 Å². The molecule has 76 valence electrons. The fourth-order valence-electron chi connectivity index (χ4n) is 1.50. The molecule has 0 radical (unpaired) electrons. The van der Waals surface area contributed by atoms with Crippen LogP contribution in [0.15, 0.2) is 11.6 Å². The Balaban J connectivity index is 2.30. The van der Waals surface area contributed by atoms with Crippen molar-refractivity contribution in [3.63, 3.8) is 0 Å². The van der Waals surface area contributed by atoms with Gasteiger partial charge in [0.15, 0.2) is 0 Å². The van der Waals surface area contributed by atoms with Gasteiger partial charge in [-0.15, -0.1) is 0 Å². The van der Waals surface area contributed by atoms with Gasteiger partial charge in [-0.2, -0.15) is 0 Å². The van der Waals surface area contributed by atoms with Crippen molar-refractivity contribution >= 4 is 11.6 Å². The fraction of sp³-hybridized carbons (Fsp3) is 0.778. The Morgan fingerprint density at radius 2 is 2.00 bits per heavy atom. The number of likely N-dealkylation sites (tertiary alicyclic amines) is 1. The van der Waals surface area contributed by atoms with Gasteiger partial charge < -0.3 is 10.2 Å². The van der Waals surface area contributed by atoms with Crippen LogP contribution in [0.25, 0.3) is 0 Å². The van der Waals surface area contributed by atoms with Gasteiger partial charge in [0, 0.05) is 25.2 Å². The average Bonchev–Trinajstić information content (AvgIpc) is 2.17. The van der Waals surface area contributed by atoms with Crippen LogP contribution in [0.5, 0.6) is 0 Å². The predicted molar refractivity (Wildman–Crippen MR) is 52.7 cm³/mol. The average molecular weight is 206 g/mol. The van der Waals surface area contributed by atoms with Crippen molar-refractivity contribution in [1.29, 1.82) is 0 Å². The molecular formula is C9H16ClNO2. The van der Waals surface area contributed by atoms with Crippen molar-refractivity contribution in [1.82, 2.24) is 4.90 Å². The van der Waals surface area contributed by atoms with Gasteiger partial charge in [-0.1, -0.05) is 17.7 Å². The summed E-state index contributed by atoms with van der Waals surface area (Å²) in [6.45, 7) is 2.33. The van der Waals surface area contributed by atoms with Crippen molar-refractivity contribution in [3.8, 4) is 0 Å².